The van der Waals surface area contributed by atoms with E-state index < -0.39 is 0 Å². The quantitative estimate of drug-likeness (QED) is 0.684. The summed E-state index contributed by atoms with van der Waals surface area (Å²) in [6.45, 7) is 2.14. The van der Waals surface area contributed by atoms with Crippen LogP contribution in [0.25, 0.3) is 0 Å². The highest BCUT2D eigenvalue weighted by molar-refractivity contribution is 5.94. The number of hydrogen-bond donors (Lipinski definition) is 0. The zero-order valence-electron chi connectivity index (χ0n) is 15.9. The van der Waals surface area contributed by atoms with Crippen LogP contribution in [0.15, 0.2) is 55.2 Å². The maximum Gasteiger partial charge on any atom is 0.254 e. The molecule has 28 heavy (non-hydrogen) atoms. The van der Waals surface area contributed by atoms with Crippen molar-refractivity contribution in [2.24, 2.45) is 0 Å². The van der Waals surface area contributed by atoms with E-state index in [1.807, 2.05) is 29.6 Å². The first kappa shape index (κ1) is 18.2. The number of aromatic nitrogens is 4. The van der Waals surface area contributed by atoms with Crippen molar-refractivity contribution < 1.29 is 9.53 Å². The summed E-state index contributed by atoms with van der Waals surface area (Å²) in [4.78, 5) is 27.7. The molecule has 0 saturated carbocycles. The number of likely N-dealkylation sites (tertiary alicyclic amines) is 1. The van der Waals surface area contributed by atoms with Crippen LogP contribution in [0.3, 0.4) is 0 Å². The Bertz CT molecular complexity index is 941. The normalized spacial score (nSPS) is 16.8. The van der Waals surface area contributed by atoms with Crippen molar-refractivity contribution in [1.29, 1.82) is 0 Å². The van der Waals surface area contributed by atoms with Crippen LogP contribution in [-0.4, -0.2) is 50.5 Å². The van der Waals surface area contributed by atoms with Crippen molar-refractivity contribution in [3.8, 4) is 5.88 Å². The Labute approximate surface area is 164 Å². The Hall–Kier alpha value is -3.22. The van der Waals surface area contributed by atoms with E-state index in [1.165, 1.54) is 0 Å². The monoisotopic (exact) mass is 377 g/mol. The van der Waals surface area contributed by atoms with E-state index in [0.717, 1.165) is 37.3 Å². The number of methoxy groups -OCH3 is 1. The lowest BCUT2D eigenvalue weighted by Crippen LogP contribution is -2.39. The molecule has 0 bridgehead atoms. The Morgan fingerprint density at radius 2 is 2.18 bits per heavy atom. The maximum atomic E-state index is 13.0. The van der Waals surface area contributed by atoms with Gasteiger partial charge in [0.2, 0.25) is 5.88 Å². The minimum atomic E-state index is 0.00997. The molecule has 144 valence electrons. The predicted octanol–water partition coefficient (Wildman–Crippen LogP) is 2.75. The second-order valence-electron chi connectivity index (χ2n) is 6.95. The number of nitrogens with zero attached hydrogens (tertiary/aromatic N) is 5. The summed E-state index contributed by atoms with van der Waals surface area (Å²) in [5.74, 6) is 1.70. The van der Waals surface area contributed by atoms with Crippen LogP contribution >= 0.6 is 0 Å². The van der Waals surface area contributed by atoms with E-state index in [9.17, 15) is 4.79 Å². The summed E-state index contributed by atoms with van der Waals surface area (Å²) in [5.41, 5.74) is 1.74. The van der Waals surface area contributed by atoms with E-state index in [4.69, 9.17) is 4.74 Å². The fraction of sp³-hybridized carbons (Fsp3) is 0.333. The molecule has 3 aromatic heterocycles. The summed E-state index contributed by atoms with van der Waals surface area (Å²) in [6.07, 6.45) is 11.1. The Morgan fingerprint density at radius 1 is 1.25 bits per heavy atom. The van der Waals surface area contributed by atoms with E-state index >= 15 is 0 Å². The molecule has 1 atom stereocenters. The molecule has 4 rings (SSSR count). The second kappa shape index (κ2) is 8.21. The summed E-state index contributed by atoms with van der Waals surface area (Å²) in [7, 11) is 1.55. The van der Waals surface area contributed by atoms with Gasteiger partial charge < -0.3 is 14.2 Å². The first-order chi connectivity index (χ1) is 13.7. The van der Waals surface area contributed by atoms with Crippen molar-refractivity contribution in [3.05, 3.63) is 72.2 Å². The number of piperidine rings is 1. The van der Waals surface area contributed by atoms with E-state index in [1.54, 1.807) is 31.6 Å². The number of ether oxygens (including phenoxy) is 1. The number of carbonyl (C=O) groups excluding carboxylic acids is 1. The van der Waals surface area contributed by atoms with Crippen LogP contribution in [0.2, 0.25) is 0 Å². The third-order valence-electron chi connectivity index (χ3n) is 5.09. The summed E-state index contributed by atoms with van der Waals surface area (Å²) < 4.78 is 7.30. The molecule has 0 aromatic carbocycles. The number of pyridine rings is 2. The van der Waals surface area contributed by atoms with Crippen LogP contribution in [0.5, 0.6) is 5.88 Å². The topological polar surface area (TPSA) is 73.1 Å². The second-order valence-corrected chi connectivity index (χ2v) is 6.95. The molecule has 0 radical (unpaired) electrons. The maximum absolute atomic E-state index is 13.0. The van der Waals surface area contributed by atoms with Crippen molar-refractivity contribution in [1.82, 2.24) is 24.4 Å². The Morgan fingerprint density at radius 3 is 3.00 bits per heavy atom. The van der Waals surface area contributed by atoms with Gasteiger partial charge in [-0.3, -0.25) is 9.78 Å². The fourth-order valence-electron chi connectivity index (χ4n) is 3.71. The highest BCUT2D eigenvalue weighted by Gasteiger charge is 2.28. The third kappa shape index (κ3) is 3.88. The number of hydrogen-bond acceptors (Lipinski definition) is 5. The van der Waals surface area contributed by atoms with Gasteiger partial charge in [0, 0.05) is 61.6 Å². The molecule has 0 spiro atoms. The molecule has 1 aliphatic rings. The summed E-state index contributed by atoms with van der Waals surface area (Å²) >= 11 is 0. The van der Waals surface area contributed by atoms with Gasteiger partial charge >= 0.3 is 0 Å². The third-order valence-corrected chi connectivity index (χ3v) is 5.09. The summed E-state index contributed by atoms with van der Waals surface area (Å²) in [6, 6.07) is 7.42. The van der Waals surface area contributed by atoms with Crippen molar-refractivity contribution in [3.63, 3.8) is 0 Å². The first-order valence-electron chi connectivity index (χ1n) is 9.44. The molecule has 0 unspecified atom stereocenters. The van der Waals surface area contributed by atoms with Crippen LogP contribution in [0, 0.1) is 0 Å². The minimum Gasteiger partial charge on any atom is -0.481 e. The van der Waals surface area contributed by atoms with Crippen LogP contribution in [0.1, 0.15) is 40.5 Å². The van der Waals surface area contributed by atoms with Crippen molar-refractivity contribution in [2.75, 3.05) is 20.2 Å². The number of carbonyl (C=O) groups is 1. The number of amides is 1. The van der Waals surface area contributed by atoms with E-state index in [0.29, 0.717) is 18.0 Å². The molecule has 3 aromatic rings. The van der Waals surface area contributed by atoms with Gasteiger partial charge in [-0.25, -0.2) is 9.97 Å². The minimum absolute atomic E-state index is 0.00997. The SMILES string of the molecule is COc1cc(C(=O)N2CCC[C@H](c3nccn3Cc3cccnc3)C2)ccn1. The molecular weight excluding hydrogens is 354 g/mol. The van der Waals surface area contributed by atoms with E-state index in [2.05, 4.69) is 25.6 Å². The van der Waals surface area contributed by atoms with Gasteiger partial charge in [0.15, 0.2) is 0 Å². The average Bonchev–Trinajstić information content (AvgIpc) is 3.22. The molecule has 7 nitrogen and oxygen atoms in total. The Balaban J connectivity index is 1.50. The van der Waals surface area contributed by atoms with Gasteiger partial charge in [-0.05, 0) is 30.5 Å². The molecule has 0 aliphatic carbocycles. The van der Waals surface area contributed by atoms with Crippen molar-refractivity contribution >= 4 is 5.91 Å². The highest BCUT2D eigenvalue weighted by Crippen LogP contribution is 2.27. The molecule has 1 fully saturated rings. The molecule has 4 heterocycles. The van der Waals surface area contributed by atoms with Crippen LogP contribution < -0.4 is 4.74 Å². The lowest BCUT2D eigenvalue weighted by molar-refractivity contribution is 0.0703. The molecule has 7 heteroatoms. The average molecular weight is 377 g/mol. The van der Waals surface area contributed by atoms with Crippen LogP contribution in [0.4, 0.5) is 0 Å². The largest absolute Gasteiger partial charge is 0.481 e. The zero-order valence-corrected chi connectivity index (χ0v) is 15.9. The van der Waals surface area contributed by atoms with Gasteiger partial charge in [0.25, 0.3) is 5.91 Å². The van der Waals surface area contributed by atoms with Gasteiger partial charge in [-0.15, -0.1) is 0 Å². The molecule has 1 saturated heterocycles. The molecular formula is C21H23N5O2. The van der Waals surface area contributed by atoms with Crippen molar-refractivity contribution in [2.45, 2.75) is 25.3 Å². The molecule has 0 N–H and O–H groups in total. The van der Waals surface area contributed by atoms with Gasteiger partial charge in [0.05, 0.1) is 13.7 Å². The van der Waals surface area contributed by atoms with Gasteiger partial charge in [0.1, 0.15) is 5.82 Å². The lowest BCUT2D eigenvalue weighted by Gasteiger charge is -2.32. The Kier molecular flexibility index (Phi) is 5.32. The zero-order chi connectivity index (χ0) is 19.3. The first-order valence-corrected chi connectivity index (χ1v) is 9.44. The predicted molar refractivity (Wildman–Crippen MR) is 104 cm³/mol. The lowest BCUT2D eigenvalue weighted by atomic mass is 9.96. The molecule has 1 amide bonds. The van der Waals surface area contributed by atoms with E-state index in [-0.39, 0.29) is 11.8 Å². The van der Waals surface area contributed by atoms with Gasteiger partial charge in [-0.1, -0.05) is 6.07 Å². The highest BCUT2D eigenvalue weighted by atomic mass is 16.5. The smallest absolute Gasteiger partial charge is 0.254 e. The number of rotatable bonds is 5. The number of imidazole rings is 1. The standard InChI is InChI=1S/C21H23N5O2/c1-28-19-12-17(6-8-23-19)21(27)26-10-3-5-18(15-26)20-24-9-11-25(20)14-16-4-2-7-22-13-16/h2,4,6-9,11-13,18H,3,5,10,14-15H2,1H3/t18-/m0/s1. The van der Waals surface area contributed by atoms with Crippen LogP contribution in [-0.2, 0) is 6.54 Å². The fourth-order valence-corrected chi connectivity index (χ4v) is 3.71. The summed E-state index contributed by atoms with van der Waals surface area (Å²) in [5, 5.41) is 0. The van der Waals surface area contributed by atoms with Gasteiger partial charge in [-0.2, -0.15) is 0 Å². The molecule has 1 aliphatic heterocycles.